The number of nitro groups is 2. The Kier molecular flexibility index (Phi) is 24.5. The number of fused-ring (bicyclic) bond motifs is 6. The average molecular weight is 1360 g/mol. The molecule has 0 aromatic heterocycles. The van der Waals surface area contributed by atoms with Crippen molar-refractivity contribution in [1.82, 2.24) is 14.7 Å². The van der Waals surface area contributed by atoms with Gasteiger partial charge in [-0.2, -0.15) is 0 Å². The first-order valence-electron chi connectivity index (χ1n) is 32.4. The molecule has 3 fully saturated rings. The van der Waals surface area contributed by atoms with E-state index in [0.717, 1.165) is 139 Å². The molecule has 0 saturated heterocycles. The number of anilines is 4. The highest BCUT2D eigenvalue weighted by Gasteiger charge is 2.58. The van der Waals surface area contributed by atoms with E-state index in [1.165, 1.54) is 12.1 Å². The number of hydrogen-bond acceptors (Lipinski definition) is 17. The smallest absolute Gasteiger partial charge is 0.273 e. The number of alkyl halides is 1. The van der Waals surface area contributed by atoms with Crippen molar-refractivity contribution in [3.8, 4) is 34.5 Å². The normalized spacial score (nSPS) is 16.0. The van der Waals surface area contributed by atoms with Gasteiger partial charge in [-0.25, -0.2) is 0 Å². The molecule has 3 N–H and O–H groups in total. The van der Waals surface area contributed by atoms with E-state index in [0.29, 0.717) is 86.9 Å². The van der Waals surface area contributed by atoms with E-state index in [4.69, 9.17) is 41.0 Å². The lowest BCUT2D eigenvalue weighted by atomic mass is 9.65. The highest BCUT2D eigenvalue weighted by molar-refractivity contribution is 6.17. The number of ether oxygens (including phenoxy) is 5. The first-order valence-corrected chi connectivity index (χ1v) is 33.0. The molecule has 24 heteroatoms. The topological polar surface area (TPSA) is 249 Å². The quantitative estimate of drug-likeness (QED) is 0.0188. The molecule has 3 spiro atoms. The van der Waals surface area contributed by atoms with E-state index in [1.54, 1.807) is 37.2 Å². The van der Waals surface area contributed by atoms with Gasteiger partial charge in [0.15, 0.2) is 0 Å². The molecule has 6 aromatic carbocycles. The Morgan fingerprint density at radius 1 is 0.500 bits per heavy atom. The third-order valence-electron chi connectivity index (χ3n) is 18.8. The second kappa shape index (κ2) is 32.1. The van der Waals surface area contributed by atoms with E-state index in [-0.39, 0.29) is 47.3 Å². The number of hydrogen-bond donors (Lipinski definition) is 2. The highest BCUT2D eigenvalue weighted by Crippen LogP contribution is 2.60. The largest absolute Gasteiger partial charge is 0.505 e. The van der Waals surface area contributed by atoms with Gasteiger partial charge in [0.1, 0.15) is 34.5 Å². The van der Waals surface area contributed by atoms with Crippen LogP contribution in [0.5, 0.6) is 34.5 Å². The monoisotopic (exact) mass is 1360 g/mol. The van der Waals surface area contributed by atoms with Crippen LogP contribution in [0.15, 0.2) is 109 Å². The lowest BCUT2D eigenvalue weighted by molar-refractivity contribution is -0.385. The zero-order chi connectivity index (χ0) is 68.4. The Hall–Kier alpha value is -8.41. The van der Waals surface area contributed by atoms with Gasteiger partial charge in [-0.05, 0) is 171 Å². The maximum atomic E-state index is 13.6. The summed E-state index contributed by atoms with van der Waals surface area (Å²) in [5, 5.41) is 33.2. The highest BCUT2D eigenvalue weighted by atomic mass is 35.5. The first kappa shape index (κ1) is 73.4. The van der Waals surface area contributed by atoms with Crippen LogP contribution in [0.3, 0.4) is 0 Å². The van der Waals surface area contributed by atoms with Crippen molar-refractivity contribution in [3.63, 3.8) is 0 Å². The minimum Gasteiger partial charge on any atom is -0.505 e. The molecule has 3 amide bonds. The number of phenols is 1. The van der Waals surface area contributed by atoms with Crippen LogP contribution in [0.4, 0.5) is 34.1 Å². The summed E-state index contributed by atoms with van der Waals surface area (Å²) in [6.45, 7) is 5.08. The second-order valence-corrected chi connectivity index (χ2v) is 26.4. The number of halogens is 2. The molecule has 3 aliphatic heterocycles. The number of methoxy groups -OCH3 is 3. The molecule has 0 atom stereocenters. The molecule has 3 heterocycles. The lowest BCUT2D eigenvalue weighted by Gasteiger charge is -2.37. The van der Waals surface area contributed by atoms with Crippen molar-refractivity contribution in [2.45, 2.75) is 113 Å². The fourth-order valence-corrected chi connectivity index (χ4v) is 13.5. The summed E-state index contributed by atoms with van der Waals surface area (Å²) in [5.41, 5.74) is 12.1. The van der Waals surface area contributed by atoms with Crippen molar-refractivity contribution in [1.29, 1.82) is 0 Å². The number of nitrogens with zero attached hydrogens (tertiary/aromatic N) is 8. The molecule has 0 unspecified atom stereocenters. The van der Waals surface area contributed by atoms with Crippen molar-refractivity contribution < 1.29 is 53.0 Å². The molecule has 6 aromatic rings. The molecule has 0 bridgehead atoms. The Bertz CT molecular complexity index is 3710. The zero-order valence-corrected chi connectivity index (χ0v) is 58.1. The van der Waals surface area contributed by atoms with Crippen molar-refractivity contribution in [2.24, 2.45) is 0 Å². The van der Waals surface area contributed by atoms with Gasteiger partial charge in [0, 0.05) is 54.0 Å². The Morgan fingerprint density at radius 3 is 1.14 bits per heavy atom. The Balaban J connectivity index is 0.000000175. The van der Waals surface area contributed by atoms with Gasteiger partial charge in [-0.15, -0.1) is 24.0 Å². The first-order chi connectivity index (χ1) is 45.5. The van der Waals surface area contributed by atoms with Crippen molar-refractivity contribution >= 4 is 75.9 Å². The second-order valence-electron chi connectivity index (χ2n) is 26.0. The third-order valence-corrected chi connectivity index (χ3v) is 19.1. The molecule has 0 radical (unpaired) electrons. The van der Waals surface area contributed by atoms with Crippen LogP contribution in [-0.2, 0) is 50.3 Å². The molecular formula is C72H91Cl2N9O13. The number of nitrogen functional groups attached to an aromatic ring is 1. The summed E-state index contributed by atoms with van der Waals surface area (Å²) in [6.07, 6.45) is 10.1. The van der Waals surface area contributed by atoms with Crippen molar-refractivity contribution in [2.75, 3.05) is 123 Å². The number of carbonyl (C=O) groups excluding carboxylic acids is 3. The summed E-state index contributed by atoms with van der Waals surface area (Å²) in [4.78, 5) is 73.7. The van der Waals surface area contributed by atoms with Gasteiger partial charge in [-0.3, -0.25) is 34.6 Å². The van der Waals surface area contributed by atoms with E-state index < -0.39 is 26.1 Å². The fourth-order valence-electron chi connectivity index (χ4n) is 13.4. The van der Waals surface area contributed by atoms with Crippen LogP contribution in [0.25, 0.3) is 0 Å². The maximum Gasteiger partial charge on any atom is 0.273 e. The Morgan fingerprint density at radius 2 is 0.823 bits per heavy atom. The van der Waals surface area contributed by atoms with Gasteiger partial charge in [0.05, 0.1) is 109 Å². The minimum absolute atomic E-state index is 0. The number of rotatable bonds is 24. The number of amides is 3. The molecule has 3 saturated carbocycles. The van der Waals surface area contributed by atoms with Crippen molar-refractivity contribution in [3.05, 3.63) is 163 Å². The van der Waals surface area contributed by atoms with E-state index >= 15 is 0 Å². The van der Waals surface area contributed by atoms with E-state index in [9.17, 15) is 39.7 Å². The standard InChI is InChI=1S/C24H29N3O5.C24H31N3O3.C19H18N2O5.C5H12ClN.ClH/c1-25(2)12-5-13-32-21-15-18(27(29)30)14-20-22(21)26(23(28)24(20)10-4-11-24)16-17-6-8-19(31-3)9-7-17;1-26(2)12-5-13-30-21-15-18(25)14-20-22(21)27(23(28)24(20)10-4-11-24)16-17-6-8-19(29-3)9-7-17;1-26-14-5-3-12(4-6-14)11-20-17-15(19(18(20)23)7-2-8-19)9-13(21(24)25)10-16(17)22;1-7(2)5-3-4-6;/h6-9,14-15H,4-5,10-13,16H2,1-3H3;6-9,14-15H,4-5,10-13,16,25H2,1-3H3;3-6,9-10,22H,2,7-8,11H2,1H3;3-5H2,1-2H3;1H. The van der Waals surface area contributed by atoms with E-state index in [2.05, 4.69) is 14.7 Å². The summed E-state index contributed by atoms with van der Waals surface area (Å²) < 4.78 is 27.9. The molecule has 516 valence electrons. The maximum absolute atomic E-state index is 13.6. The van der Waals surface area contributed by atoms with Crippen LogP contribution < -0.4 is 44.1 Å². The van der Waals surface area contributed by atoms with Crippen LogP contribution in [0.2, 0.25) is 0 Å². The number of carbonyl (C=O) groups is 3. The third kappa shape index (κ3) is 15.7. The molecule has 12 rings (SSSR count). The molecular weight excluding hydrogens is 1270 g/mol. The zero-order valence-electron chi connectivity index (χ0n) is 56.5. The number of nitro benzene ring substituents is 2. The number of non-ortho nitro benzene ring substituents is 2. The predicted molar refractivity (Wildman–Crippen MR) is 376 cm³/mol. The number of phenolic OH excluding ortho intramolecular Hbond substituents is 1. The predicted octanol–water partition coefficient (Wildman–Crippen LogP) is 12.4. The summed E-state index contributed by atoms with van der Waals surface area (Å²) in [5.74, 6) is 4.04. The van der Waals surface area contributed by atoms with Gasteiger partial charge in [0.25, 0.3) is 11.4 Å². The minimum atomic E-state index is -0.731. The number of aromatic hydroxyl groups is 1. The van der Waals surface area contributed by atoms with Gasteiger partial charge < -0.3 is 63.9 Å². The average Bonchev–Trinajstić information content (AvgIpc) is 1.57. The lowest BCUT2D eigenvalue weighted by Crippen LogP contribution is -2.44. The van der Waals surface area contributed by atoms with Crippen LogP contribution in [-0.4, -0.2) is 150 Å². The van der Waals surface area contributed by atoms with Crippen LogP contribution in [0, 0.1) is 20.2 Å². The van der Waals surface area contributed by atoms with Gasteiger partial charge >= 0.3 is 0 Å². The van der Waals surface area contributed by atoms with E-state index in [1.807, 2.05) is 132 Å². The SMILES string of the molecule is CN(C)CCCCl.COc1ccc(CN2C(=O)C3(CCC3)c3cc(N)cc(OCCCN(C)C)c32)cc1.COc1ccc(CN2C(=O)C3(CCC3)c3cc([N+](=O)[O-])cc(O)c32)cc1.COc1ccc(CN2C(=O)C3(CCC3)c3cc([N+](=O)[O-])cc(OCCCN(C)C)c32)cc1.Cl. The summed E-state index contributed by atoms with van der Waals surface area (Å²) in [7, 11) is 17.0. The van der Waals surface area contributed by atoms with Crippen LogP contribution in [0.1, 0.15) is 110 Å². The number of benzene rings is 6. The van der Waals surface area contributed by atoms with Crippen LogP contribution >= 0.6 is 24.0 Å². The fraction of sp³-hybridized carbons (Fsp3) is 0.458. The number of nitrogens with two attached hydrogens (primary N) is 1. The summed E-state index contributed by atoms with van der Waals surface area (Å²) in [6, 6.07) is 32.2. The molecule has 6 aliphatic rings. The molecule has 22 nitrogen and oxygen atoms in total. The van der Waals surface area contributed by atoms with Gasteiger partial charge in [-0.1, -0.05) is 55.7 Å². The summed E-state index contributed by atoms with van der Waals surface area (Å²) >= 11 is 5.42. The Labute approximate surface area is 573 Å². The molecule has 3 aliphatic carbocycles. The van der Waals surface area contributed by atoms with Gasteiger partial charge in [0.2, 0.25) is 17.7 Å². The molecule has 96 heavy (non-hydrogen) atoms.